The van der Waals surface area contributed by atoms with E-state index in [4.69, 9.17) is 5.73 Å². The zero-order valence-electron chi connectivity index (χ0n) is 15.0. The maximum atomic E-state index is 11.4. The van der Waals surface area contributed by atoms with E-state index in [1.807, 2.05) is 6.07 Å². The van der Waals surface area contributed by atoms with Gasteiger partial charge in [0.25, 0.3) is 0 Å². The van der Waals surface area contributed by atoms with Crippen LogP contribution in [0, 0.1) is 0 Å². The molecule has 1 amide bonds. The van der Waals surface area contributed by atoms with Crippen molar-refractivity contribution in [1.82, 2.24) is 4.98 Å². The molecule has 0 saturated heterocycles. The van der Waals surface area contributed by atoms with E-state index in [0.29, 0.717) is 9.12 Å². The number of primary amides is 1. The molecule has 0 aliphatic rings. The third-order valence-electron chi connectivity index (χ3n) is 4.42. The molecule has 0 aromatic carbocycles. The van der Waals surface area contributed by atoms with Crippen molar-refractivity contribution in [3.05, 3.63) is 23.9 Å². The van der Waals surface area contributed by atoms with Gasteiger partial charge in [-0.05, 0) is 0 Å². The summed E-state index contributed by atoms with van der Waals surface area (Å²) < 4.78 is 1.68. The van der Waals surface area contributed by atoms with Crippen LogP contribution in [0.1, 0.15) is 89.0 Å². The van der Waals surface area contributed by atoms with Gasteiger partial charge in [0.2, 0.25) is 0 Å². The number of nitrogens with two attached hydrogens (primary N) is 1. The van der Waals surface area contributed by atoms with Crippen molar-refractivity contribution in [2.75, 3.05) is 0 Å². The number of aromatic nitrogens is 1. The topological polar surface area (TPSA) is 56.0 Å². The Balaban J connectivity index is 2.99. The van der Waals surface area contributed by atoms with E-state index in [1.54, 1.807) is 6.07 Å². The van der Waals surface area contributed by atoms with Gasteiger partial charge in [-0.3, -0.25) is 0 Å². The monoisotopic (exact) mass is 424 g/mol. The quantitative estimate of drug-likeness (QED) is 0.512. The average Bonchev–Trinajstić information content (AvgIpc) is 2.56. The summed E-state index contributed by atoms with van der Waals surface area (Å²) in [5.74, 6) is -0.410. The Labute approximate surface area is 152 Å². The molecule has 23 heavy (non-hydrogen) atoms. The molecule has 4 heteroatoms. The molecule has 0 bridgehead atoms. The van der Waals surface area contributed by atoms with Gasteiger partial charge in [-0.1, -0.05) is 0 Å². The number of pyridine rings is 1. The van der Waals surface area contributed by atoms with Crippen LogP contribution < -0.4 is 9.44 Å². The Hall–Kier alpha value is -0.581. The predicted molar refractivity (Wildman–Crippen MR) is 99.4 cm³/mol. The number of nitrogens with zero attached hydrogens (tertiary/aromatic N) is 1. The zero-order chi connectivity index (χ0) is 17.1. The normalized spacial score (nSPS) is 11.6. The first-order valence-corrected chi connectivity index (χ1v) is 12.0. The van der Waals surface area contributed by atoms with E-state index < -0.39 is 27.0 Å². The van der Waals surface area contributed by atoms with E-state index in [-0.39, 0.29) is 0 Å². The first kappa shape index (κ1) is 20.5. The van der Waals surface area contributed by atoms with Crippen LogP contribution >= 0.6 is 0 Å². The fourth-order valence-corrected chi connectivity index (χ4v) is 8.17. The fraction of sp³-hybridized carbons (Fsp3) is 0.684. The molecular formula is C19H32N2OSn. The molecule has 0 fully saturated rings. The van der Waals surface area contributed by atoms with Gasteiger partial charge < -0.3 is 0 Å². The second kappa shape index (κ2) is 11.1. The summed E-state index contributed by atoms with van der Waals surface area (Å²) in [6.45, 7) is 6.84. The van der Waals surface area contributed by atoms with E-state index in [1.165, 1.54) is 61.5 Å². The number of hydrogen-bond donors (Lipinski definition) is 1. The third-order valence-corrected chi connectivity index (χ3v) is 9.60. The van der Waals surface area contributed by atoms with E-state index in [2.05, 4.69) is 31.8 Å². The number of rotatable bonds is 12. The molecule has 0 saturated carbocycles. The Morgan fingerprint density at radius 3 is 2.00 bits per heavy atom. The minimum atomic E-state index is -0.874. The van der Waals surface area contributed by atoms with Crippen molar-refractivity contribution in [2.24, 2.45) is 5.73 Å². The van der Waals surface area contributed by atoms with E-state index in [0.717, 1.165) is 0 Å². The summed E-state index contributed by atoms with van der Waals surface area (Å²) >= 11 is -0.874. The van der Waals surface area contributed by atoms with Crippen LogP contribution in [-0.2, 0) is 0 Å². The van der Waals surface area contributed by atoms with Crippen molar-refractivity contribution >= 4 is 30.8 Å². The molecule has 0 unspecified atom stereocenters. The summed E-state index contributed by atoms with van der Waals surface area (Å²) in [6.07, 6.45) is 11.7. The van der Waals surface area contributed by atoms with Crippen molar-refractivity contribution in [2.45, 2.75) is 82.0 Å². The Morgan fingerprint density at radius 1 is 1.04 bits per heavy atom. The number of unbranched alkanes of at least 4 members (excludes halogenated alkanes) is 3. The molecule has 0 atom stereocenters. The molecule has 2 radical (unpaired) electrons. The van der Waals surface area contributed by atoms with Crippen molar-refractivity contribution in [3.63, 3.8) is 0 Å². The second-order valence-corrected chi connectivity index (χ2v) is 11.7. The van der Waals surface area contributed by atoms with Gasteiger partial charge >= 0.3 is 152 Å². The summed E-state index contributed by atoms with van der Waals surface area (Å²) in [5.41, 5.74) is 5.83. The van der Waals surface area contributed by atoms with Crippen LogP contribution in [0.2, 0.25) is 3.43 Å². The molecule has 1 aromatic heterocycles. The summed E-state index contributed by atoms with van der Waals surface area (Å²) in [6, 6.07) is 5.81. The molecule has 1 heterocycles. The molecule has 0 aliphatic heterocycles. The average molecular weight is 423 g/mol. The van der Waals surface area contributed by atoms with Gasteiger partial charge in [-0.2, -0.15) is 0 Å². The zero-order valence-corrected chi connectivity index (χ0v) is 17.9. The van der Waals surface area contributed by atoms with Gasteiger partial charge in [-0.15, -0.1) is 0 Å². The fourth-order valence-electron chi connectivity index (χ4n) is 3.02. The van der Waals surface area contributed by atoms with Gasteiger partial charge in [0.15, 0.2) is 0 Å². The van der Waals surface area contributed by atoms with Gasteiger partial charge in [0, 0.05) is 0 Å². The Bertz CT molecular complexity index is 454. The standard InChI is InChI=1S/C13H27.C6H5N2O.Sn/c1-4-7-10-13(11-8-5-2)12-9-6-3;7-6(9)5-3-1-2-4-8-5;/h4-12H2,1-3H3;1-3H,(H2,7,9);. The van der Waals surface area contributed by atoms with Crippen LogP contribution in [0.25, 0.3) is 0 Å². The van der Waals surface area contributed by atoms with Crippen molar-refractivity contribution in [3.8, 4) is 0 Å². The van der Waals surface area contributed by atoms with Crippen molar-refractivity contribution in [1.29, 1.82) is 0 Å². The summed E-state index contributed by atoms with van der Waals surface area (Å²) in [5, 5.41) is 0. The summed E-state index contributed by atoms with van der Waals surface area (Å²) in [4.78, 5) is 16.0. The van der Waals surface area contributed by atoms with Crippen LogP contribution in [0.5, 0.6) is 0 Å². The molecule has 2 N–H and O–H groups in total. The number of hydrogen-bond acceptors (Lipinski definition) is 2. The molecular weight excluding hydrogens is 391 g/mol. The first-order valence-electron chi connectivity index (χ1n) is 9.12. The van der Waals surface area contributed by atoms with Gasteiger partial charge in [-0.25, -0.2) is 0 Å². The molecule has 128 valence electrons. The third kappa shape index (κ3) is 7.23. The Kier molecular flexibility index (Phi) is 9.84. The minimum absolute atomic E-state index is 0.410. The summed E-state index contributed by atoms with van der Waals surface area (Å²) in [7, 11) is 0. The van der Waals surface area contributed by atoms with Gasteiger partial charge in [0.05, 0.1) is 0 Å². The molecule has 0 aliphatic carbocycles. The van der Waals surface area contributed by atoms with Crippen LogP contribution in [0.3, 0.4) is 0 Å². The van der Waals surface area contributed by atoms with E-state index >= 15 is 0 Å². The predicted octanol–water partition coefficient (Wildman–Crippen LogP) is 4.24. The maximum absolute atomic E-state index is 11.4. The number of amides is 1. The van der Waals surface area contributed by atoms with Crippen LogP contribution in [0.15, 0.2) is 18.2 Å². The van der Waals surface area contributed by atoms with Crippen molar-refractivity contribution < 1.29 is 4.79 Å². The number of carbonyl (C=O) groups is 1. The SMILES string of the molecule is CCCC[C](CCCC)(CCCC)[Sn][c]1cccc(C(N)=O)n1. The number of carbonyl (C=O) groups excluding carboxylic acids is 1. The second-order valence-electron chi connectivity index (χ2n) is 6.49. The van der Waals surface area contributed by atoms with E-state index in [9.17, 15) is 4.79 Å². The molecule has 1 rings (SSSR count). The van der Waals surface area contributed by atoms with Crippen LogP contribution in [0.4, 0.5) is 0 Å². The molecule has 0 spiro atoms. The van der Waals surface area contributed by atoms with Crippen LogP contribution in [-0.4, -0.2) is 32.0 Å². The molecule has 3 nitrogen and oxygen atoms in total. The Morgan fingerprint density at radius 2 is 1.57 bits per heavy atom. The first-order chi connectivity index (χ1) is 11.1. The molecule has 1 aromatic rings. The van der Waals surface area contributed by atoms with Gasteiger partial charge in [0.1, 0.15) is 0 Å².